The standard InChI is InChI=1S/C51H54N2O13S2/c1-29-42(28-68-51-53-44(36-12-8-6-9-13-36)46(66-51)37-14-10-7-11-15-37)64-50(65-45(29)38-20-18-35(26-54)19-21-38)39-22-16-34(17-23-39)25-52-43(67)24-40-47(60-31(3)56)49(62-33(5)58)48(61-32(4)57)41(63-40)27-59-30(2)55/h6-23,29,40-42,45,47-50,54H,24-28H2,1-5H3,(H,52,67)/t29-,40-,41+,42+,45+,47-,48+,49+,50?/m0/s1. The molecule has 9 atom stereocenters. The molecule has 17 heteroatoms. The van der Waals surface area contributed by atoms with Gasteiger partial charge in [-0.1, -0.05) is 140 Å². The lowest BCUT2D eigenvalue weighted by Gasteiger charge is -2.44. The number of carbonyl (C=O) groups excluding carboxylic acids is 4. The lowest BCUT2D eigenvalue weighted by Crippen LogP contribution is -2.62. The molecule has 2 fully saturated rings. The molecule has 4 aromatic carbocycles. The summed E-state index contributed by atoms with van der Waals surface area (Å²) in [5, 5.41) is 13.5. The number of thiocarbonyl (C=S) groups is 1. The quantitative estimate of drug-likeness (QED) is 0.0394. The van der Waals surface area contributed by atoms with E-state index in [1.54, 1.807) is 0 Å². The van der Waals surface area contributed by atoms with E-state index in [2.05, 4.69) is 12.2 Å². The zero-order valence-corrected chi connectivity index (χ0v) is 39.9. The summed E-state index contributed by atoms with van der Waals surface area (Å²) >= 11 is 7.22. The number of carbonyl (C=O) groups is 4. The maximum Gasteiger partial charge on any atom is 0.303 e. The Hall–Kier alpha value is -5.95. The summed E-state index contributed by atoms with van der Waals surface area (Å²) in [7, 11) is 0. The van der Waals surface area contributed by atoms with Crippen LogP contribution in [-0.4, -0.2) is 87.9 Å². The second kappa shape index (κ2) is 23.4. The highest BCUT2D eigenvalue weighted by molar-refractivity contribution is 7.99. The van der Waals surface area contributed by atoms with Crippen molar-refractivity contribution in [3.8, 4) is 22.6 Å². The Kier molecular flexibility index (Phi) is 17.2. The maximum absolute atomic E-state index is 12.3. The van der Waals surface area contributed by atoms with Crippen molar-refractivity contribution >= 4 is 52.8 Å². The third kappa shape index (κ3) is 13.0. The van der Waals surface area contributed by atoms with E-state index in [-0.39, 0.29) is 37.8 Å². The van der Waals surface area contributed by atoms with Gasteiger partial charge in [-0.2, -0.15) is 0 Å². The Bertz CT molecular complexity index is 2450. The summed E-state index contributed by atoms with van der Waals surface area (Å²) < 4.78 is 48.0. The summed E-state index contributed by atoms with van der Waals surface area (Å²) in [6.07, 6.45) is -7.19. The summed E-state index contributed by atoms with van der Waals surface area (Å²) in [4.78, 5) is 53.8. The molecule has 2 N–H and O–H groups in total. The number of aromatic nitrogens is 1. The van der Waals surface area contributed by atoms with Gasteiger partial charge >= 0.3 is 23.9 Å². The van der Waals surface area contributed by atoms with Crippen molar-refractivity contribution < 1.29 is 61.9 Å². The van der Waals surface area contributed by atoms with E-state index in [9.17, 15) is 24.3 Å². The van der Waals surface area contributed by atoms with E-state index in [4.69, 9.17) is 54.8 Å². The van der Waals surface area contributed by atoms with Gasteiger partial charge in [0.25, 0.3) is 5.22 Å². The summed E-state index contributed by atoms with van der Waals surface area (Å²) in [6, 6.07) is 35.3. The Labute approximate surface area is 404 Å². The lowest BCUT2D eigenvalue weighted by atomic mass is 9.91. The summed E-state index contributed by atoms with van der Waals surface area (Å²) in [5.41, 5.74) is 6.06. The predicted octanol–water partition coefficient (Wildman–Crippen LogP) is 8.02. The number of thioether (sulfide) groups is 1. The number of aliphatic hydroxyl groups excluding tert-OH is 1. The summed E-state index contributed by atoms with van der Waals surface area (Å²) in [5.74, 6) is -1.61. The van der Waals surface area contributed by atoms with Crippen LogP contribution >= 0.6 is 24.0 Å². The van der Waals surface area contributed by atoms with Crippen molar-refractivity contribution in [1.82, 2.24) is 10.3 Å². The molecule has 0 aliphatic carbocycles. The summed E-state index contributed by atoms with van der Waals surface area (Å²) in [6.45, 7) is 6.74. The van der Waals surface area contributed by atoms with Crippen molar-refractivity contribution in [3.05, 3.63) is 131 Å². The molecule has 5 aromatic rings. The minimum Gasteiger partial charge on any atom is -0.463 e. The fourth-order valence-corrected chi connectivity index (χ4v) is 9.36. The molecule has 0 saturated carbocycles. The molecule has 2 saturated heterocycles. The topological polar surface area (TPSA) is 191 Å². The van der Waals surface area contributed by atoms with Gasteiger partial charge in [0.15, 0.2) is 30.4 Å². The van der Waals surface area contributed by atoms with Gasteiger partial charge < -0.3 is 48.0 Å². The van der Waals surface area contributed by atoms with Gasteiger partial charge in [0.2, 0.25) is 0 Å². The number of nitrogens with one attached hydrogen (secondary N) is 1. The second-order valence-corrected chi connectivity index (χ2v) is 17.9. The van der Waals surface area contributed by atoms with E-state index in [0.29, 0.717) is 28.3 Å². The van der Waals surface area contributed by atoms with Crippen LogP contribution in [-0.2, 0) is 65.5 Å². The van der Waals surface area contributed by atoms with E-state index < -0.39 is 60.7 Å². The van der Waals surface area contributed by atoms with E-state index >= 15 is 0 Å². The molecule has 358 valence electrons. The predicted molar refractivity (Wildman–Crippen MR) is 254 cm³/mol. The highest BCUT2D eigenvalue weighted by atomic mass is 32.2. The van der Waals surface area contributed by atoms with Crippen molar-refractivity contribution in [1.29, 1.82) is 0 Å². The molecular formula is C51H54N2O13S2. The second-order valence-electron chi connectivity index (χ2n) is 16.5. The number of rotatable bonds is 17. The Morgan fingerprint density at radius 1 is 0.676 bits per heavy atom. The van der Waals surface area contributed by atoms with Crippen LogP contribution in [0.4, 0.5) is 0 Å². The molecule has 15 nitrogen and oxygen atoms in total. The molecule has 0 spiro atoms. The van der Waals surface area contributed by atoms with Crippen LogP contribution < -0.4 is 5.32 Å². The molecule has 0 bridgehead atoms. The van der Waals surface area contributed by atoms with E-state index in [0.717, 1.165) is 39.1 Å². The largest absolute Gasteiger partial charge is 0.463 e. The fraction of sp³-hybridized carbons (Fsp3) is 0.373. The van der Waals surface area contributed by atoms with Crippen molar-refractivity contribution in [2.24, 2.45) is 5.92 Å². The molecule has 0 amide bonds. The van der Waals surface area contributed by atoms with Crippen LogP contribution in [0.5, 0.6) is 0 Å². The van der Waals surface area contributed by atoms with Crippen LogP contribution in [0.2, 0.25) is 0 Å². The molecule has 0 radical (unpaired) electrons. The van der Waals surface area contributed by atoms with Crippen molar-refractivity contribution in [2.45, 2.75) is 108 Å². The van der Waals surface area contributed by atoms with Crippen LogP contribution in [0.25, 0.3) is 22.6 Å². The first-order valence-electron chi connectivity index (χ1n) is 22.2. The minimum atomic E-state index is -1.29. The number of hydrogen-bond acceptors (Lipinski definition) is 16. The van der Waals surface area contributed by atoms with E-state index in [1.807, 2.05) is 109 Å². The normalized spacial score (nSPS) is 23.5. The average Bonchev–Trinajstić information content (AvgIpc) is 3.76. The highest BCUT2D eigenvalue weighted by Crippen LogP contribution is 2.44. The smallest absolute Gasteiger partial charge is 0.303 e. The fourth-order valence-electron chi connectivity index (χ4n) is 8.13. The third-order valence-electron chi connectivity index (χ3n) is 11.4. The average molecular weight is 967 g/mol. The molecule has 2 aliphatic heterocycles. The number of hydrogen-bond donors (Lipinski definition) is 2. The van der Waals surface area contributed by atoms with Gasteiger partial charge in [-0.3, -0.25) is 19.2 Å². The zero-order chi connectivity index (χ0) is 48.3. The molecular weight excluding hydrogens is 913 g/mol. The molecule has 1 unspecified atom stereocenters. The van der Waals surface area contributed by atoms with Crippen LogP contribution in [0.1, 0.15) is 75.7 Å². The van der Waals surface area contributed by atoms with Gasteiger partial charge in [-0.15, -0.1) is 0 Å². The zero-order valence-electron chi connectivity index (χ0n) is 38.2. The van der Waals surface area contributed by atoms with E-state index in [1.165, 1.54) is 39.5 Å². The van der Waals surface area contributed by atoms with Crippen LogP contribution in [0, 0.1) is 5.92 Å². The van der Waals surface area contributed by atoms with Gasteiger partial charge in [-0.25, -0.2) is 4.98 Å². The SMILES string of the molecule is CC(=O)OC[C@H]1O[C@@H](CC(=S)NCc2ccc(C3O[C@H](CSc4nc(-c5ccccc5)c(-c5ccccc5)o4)[C@H](C)[C@H](c4ccc(CO)cc4)O3)cc2)[C@H](OC(C)=O)[C@@H](OC(C)=O)[C@@H]1OC(C)=O. The molecule has 1 aromatic heterocycles. The Morgan fingerprint density at radius 2 is 1.25 bits per heavy atom. The number of oxazole rings is 1. The number of benzene rings is 4. The number of nitrogens with zero attached hydrogens (tertiary/aromatic N) is 1. The van der Waals surface area contributed by atoms with Crippen molar-refractivity contribution in [3.63, 3.8) is 0 Å². The first-order chi connectivity index (χ1) is 32.8. The van der Waals surface area contributed by atoms with Gasteiger partial charge in [0.05, 0.1) is 23.8 Å². The molecule has 68 heavy (non-hydrogen) atoms. The van der Waals surface area contributed by atoms with Gasteiger partial charge in [0.1, 0.15) is 24.5 Å². The molecule has 3 heterocycles. The Morgan fingerprint density at radius 3 is 1.85 bits per heavy atom. The van der Waals surface area contributed by atoms with Gasteiger partial charge in [0, 0.05) is 69.0 Å². The number of aliphatic hydroxyl groups is 1. The Balaban J connectivity index is 1.06. The van der Waals surface area contributed by atoms with Gasteiger partial charge in [-0.05, 0) is 16.7 Å². The van der Waals surface area contributed by atoms with Crippen molar-refractivity contribution in [2.75, 3.05) is 12.4 Å². The monoisotopic (exact) mass is 966 g/mol. The first-order valence-corrected chi connectivity index (χ1v) is 23.6. The third-order valence-corrected chi connectivity index (χ3v) is 12.6. The first kappa shape index (κ1) is 49.9. The van der Waals surface area contributed by atoms with Crippen LogP contribution in [0.3, 0.4) is 0 Å². The number of ether oxygens (including phenoxy) is 7. The minimum absolute atomic E-state index is 0.00314. The molecule has 2 aliphatic rings. The maximum atomic E-state index is 12.3. The van der Waals surface area contributed by atoms with Crippen LogP contribution in [0.15, 0.2) is 119 Å². The highest BCUT2D eigenvalue weighted by Gasteiger charge is 2.52. The molecule has 7 rings (SSSR count). The lowest BCUT2D eigenvalue weighted by molar-refractivity contribution is -0.268. The number of esters is 4.